The van der Waals surface area contributed by atoms with E-state index in [1.54, 1.807) is 0 Å². The minimum absolute atomic E-state index is 0.0219. The topological polar surface area (TPSA) is 45.3 Å². The van der Waals surface area contributed by atoms with Crippen LogP contribution in [0.5, 0.6) is 0 Å². The van der Waals surface area contributed by atoms with Crippen molar-refractivity contribution in [3.63, 3.8) is 0 Å². The molecule has 2 heterocycles. The predicted molar refractivity (Wildman–Crippen MR) is 39.3 cm³/mol. The van der Waals surface area contributed by atoms with Crippen LogP contribution < -0.4 is 0 Å². The Morgan fingerprint density at radius 1 is 1.55 bits per heavy atom. The fourth-order valence-electron chi connectivity index (χ4n) is 1.33. The summed E-state index contributed by atoms with van der Waals surface area (Å²) in [5.41, 5.74) is -0.216. The summed E-state index contributed by atoms with van der Waals surface area (Å²) < 4.78 is 10.6. The molecule has 11 heavy (non-hydrogen) atoms. The fraction of sp³-hybridized carbons (Fsp3) is 1.00. The lowest BCUT2D eigenvalue weighted by Gasteiger charge is -2.04. The fourth-order valence-corrected chi connectivity index (χ4v) is 1.33. The Morgan fingerprint density at radius 2 is 2.09 bits per heavy atom. The molecule has 2 saturated heterocycles. The maximum atomic E-state index is 8.92. The van der Waals surface area contributed by atoms with Gasteiger partial charge in [-0.3, -0.25) is 0 Å². The van der Waals surface area contributed by atoms with Gasteiger partial charge in [0.25, 0.3) is 0 Å². The van der Waals surface area contributed by atoms with Gasteiger partial charge in [0.15, 0.2) is 0 Å². The monoisotopic (exact) mass is 158 g/mol. The molecular weight excluding hydrogens is 144 g/mol. The second-order valence-corrected chi connectivity index (χ2v) is 4.04. The van der Waals surface area contributed by atoms with Crippen molar-refractivity contribution < 1.29 is 14.6 Å². The first-order valence-corrected chi connectivity index (χ1v) is 4.01. The number of hydrogen-bond donors (Lipinski definition) is 1. The summed E-state index contributed by atoms with van der Waals surface area (Å²) in [6.45, 7) is 4.94. The third-order valence-corrected chi connectivity index (χ3v) is 2.56. The molecule has 3 heteroatoms. The van der Waals surface area contributed by atoms with Gasteiger partial charge in [-0.1, -0.05) is 0 Å². The summed E-state index contributed by atoms with van der Waals surface area (Å²) in [5.74, 6) is 0. The van der Waals surface area contributed by atoms with Gasteiger partial charge in [-0.25, -0.2) is 0 Å². The lowest BCUT2D eigenvalue weighted by molar-refractivity contribution is 0.155. The smallest absolute Gasteiger partial charge is 0.117 e. The summed E-state index contributed by atoms with van der Waals surface area (Å²) in [5, 5.41) is 8.92. The highest BCUT2D eigenvalue weighted by Gasteiger charge is 2.56. The first-order valence-electron chi connectivity index (χ1n) is 4.01. The number of epoxide rings is 2. The Bertz CT molecular complexity index is 172. The van der Waals surface area contributed by atoms with Gasteiger partial charge in [0.1, 0.15) is 5.60 Å². The predicted octanol–water partition coefficient (Wildman–Crippen LogP) is 0.315. The van der Waals surface area contributed by atoms with E-state index in [2.05, 4.69) is 13.8 Å². The molecule has 64 valence electrons. The molecule has 3 nitrogen and oxygen atoms in total. The van der Waals surface area contributed by atoms with Crippen molar-refractivity contribution in [3.8, 4) is 0 Å². The number of hydrogen-bond acceptors (Lipinski definition) is 3. The van der Waals surface area contributed by atoms with E-state index >= 15 is 0 Å². The van der Waals surface area contributed by atoms with E-state index in [9.17, 15) is 0 Å². The third kappa shape index (κ3) is 1.28. The molecule has 0 saturated carbocycles. The summed E-state index contributed by atoms with van der Waals surface area (Å²) in [7, 11) is 0. The van der Waals surface area contributed by atoms with Crippen LogP contribution in [0.25, 0.3) is 0 Å². The largest absolute Gasteiger partial charge is 0.393 e. The summed E-state index contributed by atoms with van der Waals surface area (Å²) in [4.78, 5) is 0. The first kappa shape index (κ1) is 7.53. The average Bonchev–Trinajstić information content (AvgIpc) is 2.78. The molecule has 0 amide bonds. The van der Waals surface area contributed by atoms with Crippen molar-refractivity contribution in [1.29, 1.82) is 0 Å². The molecule has 0 aromatic heterocycles. The van der Waals surface area contributed by atoms with E-state index in [1.807, 2.05) is 0 Å². The van der Waals surface area contributed by atoms with Gasteiger partial charge in [0.05, 0.1) is 24.9 Å². The van der Waals surface area contributed by atoms with Crippen molar-refractivity contribution in [2.75, 3.05) is 13.2 Å². The first-order chi connectivity index (χ1) is 5.08. The second-order valence-electron chi connectivity index (χ2n) is 4.04. The summed E-state index contributed by atoms with van der Waals surface area (Å²) in [6.07, 6.45) is 1.13. The van der Waals surface area contributed by atoms with E-state index in [4.69, 9.17) is 14.6 Å². The van der Waals surface area contributed by atoms with Crippen molar-refractivity contribution in [3.05, 3.63) is 0 Å². The number of ether oxygens (including phenoxy) is 2. The minimum atomic E-state index is -0.238. The summed E-state index contributed by atoms with van der Waals surface area (Å²) >= 11 is 0. The molecule has 0 aromatic carbocycles. The SMILES string of the molecule is CC1(C)OC1CC1(CO)CO1. The average molecular weight is 158 g/mol. The molecule has 2 atom stereocenters. The normalized spacial score (nSPS) is 45.5. The van der Waals surface area contributed by atoms with Gasteiger partial charge in [-0.15, -0.1) is 0 Å². The second kappa shape index (κ2) is 1.97. The zero-order valence-electron chi connectivity index (χ0n) is 6.96. The molecule has 0 aromatic rings. The van der Waals surface area contributed by atoms with Crippen LogP contribution >= 0.6 is 0 Å². The molecule has 2 unspecified atom stereocenters. The third-order valence-electron chi connectivity index (χ3n) is 2.56. The zero-order chi connectivity index (χ0) is 8.11. The van der Waals surface area contributed by atoms with Crippen LogP contribution in [-0.2, 0) is 9.47 Å². The van der Waals surface area contributed by atoms with E-state index in [-0.39, 0.29) is 23.9 Å². The van der Waals surface area contributed by atoms with Gasteiger partial charge < -0.3 is 14.6 Å². The summed E-state index contributed by atoms with van der Waals surface area (Å²) in [6, 6.07) is 0. The lowest BCUT2D eigenvalue weighted by Crippen LogP contribution is -2.21. The Hall–Kier alpha value is -0.120. The zero-order valence-corrected chi connectivity index (χ0v) is 6.96. The molecule has 2 aliphatic heterocycles. The quantitative estimate of drug-likeness (QED) is 0.601. The highest BCUT2D eigenvalue weighted by molar-refractivity contribution is 5.04. The van der Waals surface area contributed by atoms with Crippen molar-refractivity contribution in [2.24, 2.45) is 0 Å². The maximum absolute atomic E-state index is 8.92. The maximum Gasteiger partial charge on any atom is 0.117 e. The highest BCUT2D eigenvalue weighted by atomic mass is 16.6. The van der Waals surface area contributed by atoms with Crippen LogP contribution in [0.3, 0.4) is 0 Å². The molecule has 0 spiro atoms. The van der Waals surface area contributed by atoms with Gasteiger partial charge in [-0.05, 0) is 13.8 Å². The number of aliphatic hydroxyl groups is 1. The Kier molecular flexibility index (Phi) is 1.35. The number of rotatable bonds is 3. The van der Waals surface area contributed by atoms with E-state index < -0.39 is 0 Å². The molecular formula is C8H14O3. The van der Waals surface area contributed by atoms with Crippen molar-refractivity contribution >= 4 is 0 Å². The van der Waals surface area contributed by atoms with E-state index in [0.29, 0.717) is 6.61 Å². The Labute approximate surface area is 66.3 Å². The van der Waals surface area contributed by atoms with Crippen LogP contribution in [0, 0.1) is 0 Å². The van der Waals surface area contributed by atoms with Crippen LogP contribution in [0.1, 0.15) is 20.3 Å². The number of aliphatic hydroxyl groups excluding tert-OH is 1. The molecule has 2 rings (SSSR count). The molecule has 1 N–H and O–H groups in total. The van der Waals surface area contributed by atoms with Gasteiger partial charge in [0.2, 0.25) is 0 Å². The lowest BCUT2D eigenvalue weighted by atomic mass is 9.99. The van der Waals surface area contributed by atoms with Crippen molar-refractivity contribution in [1.82, 2.24) is 0 Å². The Balaban J connectivity index is 1.84. The molecule has 0 bridgehead atoms. The molecule has 2 aliphatic rings. The molecule has 0 radical (unpaired) electrons. The van der Waals surface area contributed by atoms with E-state index in [0.717, 1.165) is 6.42 Å². The molecule has 0 aliphatic carbocycles. The minimum Gasteiger partial charge on any atom is -0.393 e. The van der Waals surface area contributed by atoms with Crippen LogP contribution in [0.2, 0.25) is 0 Å². The van der Waals surface area contributed by atoms with Gasteiger partial charge in [0, 0.05) is 6.42 Å². The van der Waals surface area contributed by atoms with E-state index in [1.165, 1.54) is 0 Å². The van der Waals surface area contributed by atoms with Gasteiger partial charge >= 0.3 is 0 Å². The Morgan fingerprint density at radius 3 is 2.36 bits per heavy atom. The van der Waals surface area contributed by atoms with Crippen LogP contribution in [-0.4, -0.2) is 35.6 Å². The van der Waals surface area contributed by atoms with Crippen LogP contribution in [0.4, 0.5) is 0 Å². The van der Waals surface area contributed by atoms with Crippen LogP contribution in [0.15, 0.2) is 0 Å². The van der Waals surface area contributed by atoms with Gasteiger partial charge in [-0.2, -0.15) is 0 Å². The van der Waals surface area contributed by atoms with Crippen molar-refractivity contribution in [2.45, 2.75) is 37.6 Å². The highest BCUT2D eigenvalue weighted by Crippen LogP contribution is 2.44. The standard InChI is InChI=1S/C8H14O3/c1-7(2)6(11-7)3-8(4-9)5-10-8/h6,9H,3-5H2,1-2H3. The molecule has 2 fully saturated rings.